The van der Waals surface area contributed by atoms with E-state index in [-0.39, 0.29) is 5.91 Å². The summed E-state index contributed by atoms with van der Waals surface area (Å²) in [4.78, 5) is 16.7. The van der Waals surface area contributed by atoms with Gasteiger partial charge in [-0.15, -0.1) is 0 Å². The Hall–Kier alpha value is -2.49. The van der Waals surface area contributed by atoms with Crippen LogP contribution in [0.5, 0.6) is 0 Å². The van der Waals surface area contributed by atoms with E-state index in [0.29, 0.717) is 13.0 Å². The number of nitrogens with one attached hydrogen (secondary N) is 1. The average molecular weight is 339 g/mol. The summed E-state index contributed by atoms with van der Waals surface area (Å²) < 4.78 is 0. The van der Waals surface area contributed by atoms with Gasteiger partial charge < -0.3 is 15.1 Å². The summed E-state index contributed by atoms with van der Waals surface area (Å²) in [5.41, 5.74) is 3.19. The van der Waals surface area contributed by atoms with Crippen molar-refractivity contribution in [2.24, 2.45) is 0 Å². The van der Waals surface area contributed by atoms with Crippen molar-refractivity contribution in [3.8, 4) is 0 Å². The maximum atomic E-state index is 12.2. The molecule has 0 atom stereocenters. The SMILES string of the molecule is CCN(CC)c1ccc(NC(=O)CCN(CC)c2ccccc2)cc1. The third kappa shape index (κ3) is 5.52. The zero-order valence-corrected chi connectivity index (χ0v) is 15.5. The van der Waals surface area contributed by atoms with Crippen LogP contribution >= 0.6 is 0 Å². The molecule has 0 aliphatic heterocycles. The molecule has 2 aromatic rings. The van der Waals surface area contributed by atoms with Crippen LogP contribution in [0.3, 0.4) is 0 Å². The summed E-state index contributed by atoms with van der Waals surface area (Å²) >= 11 is 0. The fraction of sp³-hybridized carbons (Fsp3) is 0.381. The highest BCUT2D eigenvalue weighted by molar-refractivity contribution is 5.91. The fourth-order valence-corrected chi connectivity index (χ4v) is 2.91. The Morgan fingerprint density at radius 2 is 1.36 bits per heavy atom. The number of nitrogens with zero attached hydrogens (tertiary/aromatic N) is 2. The molecule has 1 N–H and O–H groups in total. The van der Waals surface area contributed by atoms with E-state index in [1.54, 1.807) is 0 Å². The number of carbonyl (C=O) groups is 1. The summed E-state index contributed by atoms with van der Waals surface area (Å²) in [6, 6.07) is 18.3. The third-order valence-corrected chi connectivity index (χ3v) is 4.39. The molecule has 0 aliphatic rings. The van der Waals surface area contributed by atoms with Gasteiger partial charge in [0.15, 0.2) is 0 Å². The van der Waals surface area contributed by atoms with Gasteiger partial charge in [0, 0.05) is 49.7 Å². The predicted octanol–water partition coefficient (Wildman–Crippen LogP) is 4.39. The highest BCUT2D eigenvalue weighted by atomic mass is 16.1. The normalized spacial score (nSPS) is 10.4. The van der Waals surface area contributed by atoms with Crippen LogP contribution in [-0.2, 0) is 4.79 Å². The van der Waals surface area contributed by atoms with Crippen LogP contribution in [0.25, 0.3) is 0 Å². The van der Waals surface area contributed by atoms with Crippen molar-refractivity contribution in [3.05, 3.63) is 54.6 Å². The molecule has 0 aliphatic carbocycles. The largest absolute Gasteiger partial charge is 0.372 e. The average Bonchev–Trinajstić information content (AvgIpc) is 2.65. The molecule has 0 heterocycles. The van der Waals surface area contributed by atoms with Gasteiger partial charge in [0.05, 0.1) is 0 Å². The van der Waals surface area contributed by atoms with Crippen LogP contribution in [0.4, 0.5) is 17.1 Å². The number of benzene rings is 2. The second-order valence-corrected chi connectivity index (χ2v) is 5.93. The zero-order valence-electron chi connectivity index (χ0n) is 15.5. The van der Waals surface area contributed by atoms with Crippen molar-refractivity contribution in [3.63, 3.8) is 0 Å². The first-order valence-corrected chi connectivity index (χ1v) is 9.12. The Labute approximate surface area is 151 Å². The first-order valence-electron chi connectivity index (χ1n) is 9.12. The van der Waals surface area contributed by atoms with Crippen molar-refractivity contribution in [1.82, 2.24) is 0 Å². The second-order valence-electron chi connectivity index (χ2n) is 5.93. The molecule has 2 aromatic carbocycles. The maximum absolute atomic E-state index is 12.2. The monoisotopic (exact) mass is 339 g/mol. The van der Waals surface area contributed by atoms with Crippen LogP contribution in [-0.4, -0.2) is 32.1 Å². The smallest absolute Gasteiger partial charge is 0.226 e. The molecule has 0 fully saturated rings. The Bertz CT molecular complexity index is 636. The number of amides is 1. The predicted molar refractivity (Wildman–Crippen MR) is 108 cm³/mol. The molecule has 134 valence electrons. The molecule has 0 saturated carbocycles. The zero-order chi connectivity index (χ0) is 18.1. The highest BCUT2D eigenvalue weighted by Gasteiger charge is 2.08. The van der Waals surface area contributed by atoms with Gasteiger partial charge in [0.1, 0.15) is 0 Å². The molecule has 0 radical (unpaired) electrons. The molecule has 0 spiro atoms. The molecule has 0 unspecified atom stereocenters. The molecule has 2 rings (SSSR count). The Morgan fingerprint density at radius 1 is 0.800 bits per heavy atom. The van der Waals surface area contributed by atoms with E-state index in [1.807, 2.05) is 30.3 Å². The lowest BCUT2D eigenvalue weighted by molar-refractivity contribution is -0.116. The van der Waals surface area contributed by atoms with Gasteiger partial charge in [0.2, 0.25) is 5.91 Å². The molecular weight excluding hydrogens is 310 g/mol. The van der Waals surface area contributed by atoms with E-state index in [0.717, 1.165) is 31.0 Å². The molecule has 25 heavy (non-hydrogen) atoms. The Morgan fingerprint density at radius 3 is 1.92 bits per heavy atom. The minimum absolute atomic E-state index is 0.0463. The van der Waals surface area contributed by atoms with E-state index >= 15 is 0 Å². The van der Waals surface area contributed by atoms with E-state index in [2.05, 4.69) is 60.2 Å². The van der Waals surface area contributed by atoms with Gasteiger partial charge in [0.25, 0.3) is 0 Å². The van der Waals surface area contributed by atoms with Crippen LogP contribution in [0.1, 0.15) is 27.2 Å². The van der Waals surface area contributed by atoms with Crippen LogP contribution in [0.15, 0.2) is 54.6 Å². The van der Waals surface area contributed by atoms with E-state index in [9.17, 15) is 4.79 Å². The lowest BCUT2D eigenvalue weighted by Gasteiger charge is -2.23. The summed E-state index contributed by atoms with van der Waals surface area (Å²) in [7, 11) is 0. The van der Waals surface area contributed by atoms with Crippen LogP contribution in [0, 0.1) is 0 Å². The number of hydrogen-bond acceptors (Lipinski definition) is 3. The van der Waals surface area contributed by atoms with E-state index in [4.69, 9.17) is 0 Å². The van der Waals surface area contributed by atoms with Crippen LogP contribution in [0.2, 0.25) is 0 Å². The van der Waals surface area contributed by atoms with Gasteiger partial charge in [-0.3, -0.25) is 4.79 Å². The first kappa shape index (κ1) is 18.8. The van der Waals surface area contributed by atoms with Gasteiger partial charge in [-0.2, -0.15) is 0 Å². The van der Waals surface area contributed by atoms with E-state index < -0.39 is 0 Å². The molecule has 0 bridgehead atoms. The Balaban J connectivity index is 1.87. The Kier molecular flexibility index (Phi) is 7.33. The fourth-order valence-electron chi connectivity index (χ4n) is 2.91. The molecule has 0 aromatic heterocycles. The number of para-hydroxylation sites is 1. The first-order chi connectivity index (χ1) is 12.2. The summed E-state index contributed by atoms with van der Waals surface area (Å²) in [6.07, 6.45) is 0.473. The highest BCUT2D eigenvalue weighted by Crippen LogP contribution is 2.18. The van der Waals surface area contributed by atoms with Gasteiger partial charge in [-0.05, 0) is 57.2 Å². The summed E-state index contributed by atoms with van der Waals surface area (Å²) in [6.45, 7) is 9.95. The van der Waals surface area contributed by atoms with Gasteiger partial charge >= 0.3 is 0 Å². The van der Waals surface area contributed by atoms with Crippen molar-refractivity contribution in [2.45, 2.75) is 27.2 Å². The van der Waals surface area contributed by atoms with Crippen molar-refractivity contribution < 1.29 is 4.79 Å². The van der Waals surface area contributed by atoms with Crippen LogP contribution < -0.4 is 15.1 Å². The molecule has 4 heteroatoms. The second kappa shape index (κ2) is 9.72. The topological polar surface area (TPSA) is 35.6 Å². The van der Waals surface area contributed by atoms with Crippen molar-refractivity contribution in [2.75, 3.05) is 41.3 Å². The quantitative estimate of drug-likeness (QED) is 0.736. The summed E-state index contributed by atoms with van der Waals surface area (Å²) in [5.74, 6) is 0.0463. The maximum Gasteiger partial charge on any atom is 0.226 e. The number of anilines is 3. The molecule has 4 nitrogen and oxygen atoms in total. The van der Waals surface area contributed by atoms with Crippen molar-refractivity contribution >= 4 is 23.0 Å². The number of rotatable bonds is 9. The minimum atomic E-state index is 0.0463. The van der Waals surface area contributed by atoms with Crippen molar-refractivity contribution in [1.29, 1.82) is 0 Å². The summed E-state index contributed by atoms with van der Waals surface area (Å²) in [5, 5.41) is 2.99. The molecule has 1 amide bonds. The van der Waals surface area contributed by atoms with Gasteiger partial charge in [-0.25, -0.2) is 0 Å². The standard InChI is InChI=1S/C21H29N3O/c1-4-23(5-2)20-14-12-18(13-15-20)22-21(25)16-17-24(6-3)19-10-8-7-9-11-19/h7-15H,4-6,16-17H2,1-3H3,(H,22,25). The molecular formula is C21H29N3O. The van der Waals surface area contributed by atoms with Gasteiger partial charge in [-0.1, -0.05) is 18.2 Å². The van der Waals surface area contributed by atoms with E-state index in [1.165, 1.54) is 5.69 Å². The lowest BCUT2D eigenvalue weighted by Crippen LogP contribution is -2.27. The third-order valence-electron chi connectivity index (χ3n) is 4.39. The molecule has 0 saturated heterocycles. The minimum Gasteiger partial charge on any atom is -0.372 e. The lowest BCUT2D eigenvalue weighted by atomic mass is 10.2. The number of carbonyl (C=O) groups excluding carboxylic acids is 1. The number of hydrogen-bond donors (Lipinski definition) is 1.